The van der Waals surface area contributed by atoms with Crippen LogP contribution in [0.1, 0.15) is 33.1 Å². The van der Waals surface area contributed by atoms with E-state index in [9.17, 15) is 0 Å². The monoisotopic (exact) mass is 242 g/mol. The molecule has 3 unspecified atom stereocenters. The molecule has 0 spiro atoms. The van der Waals surface area contributed by atoms with E-state index < -0.39 is 0 Å². The summed E-state index contributed by atoms with van der Waals surface area (Å²) in [5.74, 6) is 1.49. The Bertz CT molecular complexity index is 197. The number of ether oxygens (including phenoxy) is 1. The van der Waals surface area contributed by atoms with Gasteiger partial charge in [0, 0.05) is 26.2 Å². The van der Waals surface area contributed by atoms with Crippen LogP contribution in [0.2, 0.25) is 0 Å². The molecular weight excluding hydrogens is 212 g/mol. The predicted molar refractivity (Wildman–Crippen MR) is 73.3 cm³/mol. The molecule has 3 heteroatoms. The minimum atomic E-state index is 0.626. The van der Waals surface area contributed by atoms with E-state index in [-0.39, 0.29) is 0 Å². The molecule has 1 N–H and O–H groups in total. The minimum absolute atomic E-state index is 0.626. The molecule has 0 bridgehead atoms. The molecule has 1 aliphatic rings. The normalized spacial score (nSPS) is 25.8. The molecule has 0 aliphatic carbocycles. The first-order valence-electron chi connectivity index (χ1n) is 7.09. The SMILES string of the molecule is CCC(C)C(CN1CCCC(COC)C1)NC. The lowest BCUT2D eigenvalue weighted by molar-refractivity contribution is 0.0822. The lowest BCUT2D eigenvalue weighted by Crippen LogP contribution is -2.47. The first-order chi connectivity index (χ1) is 8.21. The summed E-state index contributed by atoms with van der Waals surface area (Å²) in [6.45, 7) is 9.20. The zero-order chi connectivity index (χ0) is 12.7. The topological polar surface area (TPSA) is 24.5 Å². The fraction of sp³-hybridized carbons (Fsp3) is 1.00. The second-order valence-corrected chi connectivity index (χ2v) is 5.50. The smallest absolute Gasteiger partial charge is 0.0502 e. The summed E-state index contributed by atoms with van der Waals surface area (Å²) in [5.41, 5.74) is 0. The van der Waals surface area contributed by atoms with Crippen LogP contribution in [0.4, 0.5) is 0 Å². The Balaban J connectivity index is 2.38. The third-order valence-corrected chi connectivity index (χ3v) is 4.16. The lowest BCUT2D eigenvalue weighted by Gasteiger charge is -2.36. The number of rotatable bonds is 7. The molecule has 0 radical (unpaired) electrons. The standard InChI is InChI=1S/C14H30N2O/c1-5-12(2)14(15-3)10-16-8-6-7-13(9-16)11-17-4/h12-15H,5-11H2,1-4H3. The van der Waals surface area contributed by atoms with Gasteiger partial charge in [0.25, 0.3) is 0 Å². The fourth-order valence-electron chi connectivity index (χ4n) is 2.81. The Kier molecular flexibility index (Phi) is 7.09. The summed E-state index contributed by atoms with van der Waals surface area (Å²) in [7, 11) is 3.90. The Hall–Kier alpha value is -0.120. The van der Waals surface area contributed by atoms with E-state index in [1.807, 2.05) is 7.11 Å². The van der Waals surface area contributed by atoms with Crippen LogP contribution in [0.5, 0.6) is 0 Å². The molecule has 0 aromatic carbocycles. The fourth-order valence-corrected chi connectivity index (χ4v) is 2.81. The minimum Gasteiger partial charge on any atom is -0.384 e. The second-order valence-electron chi connectivity index (χ2n) is 5.50. The van der Waals surface area contributed by atoms with E-state index >= 15 is 0 Å². The first kappa shape index (κ1) is 14.9. The molecule has 1 aliphatic heterocycles. The largest absolute Gasteiger partial charge is 0.384 e. The molecule has 17 heavy (non-hydrogen) atoms. The van der Waals surface area contributed by atoms with E-state index in [2.05, 4.69) is 31.1 Å². The van der Waals surface area contributed by atoms with Crippen molar-refractivity contribution < 1.29 is 4.74 Å². The summed E-state index contributed by atoms with van der Waals surface area (Å²) >= 11 is 0. The van der Waals surface area contributed by atoms with E-state index in [0.29, 0.717) is 6.04 Å². The molecule has 1 rings (SSSR count). The molecule has 1 saturated heterocycles. The van der Waals surface area contributed by atoms with Crippen LogP contribution in [0.25, 0.3) is 0 Å². The van der Waals surface area contributed by atoms with Gasteiger partial charge in [0.1, 0.15) is 0 Å². The number of hydrogen-bond donors (Lipinski definition) is 1. The highest BCUT2D eigenvalue weighted by Crippen LogP contribution is 2.18. The maximum Gasteiger partial charge on any atom is 0.0502 e. The molecule has 3 atom stereocenters. The van der Waals surface area contributed by atoms with Gasteiger partial charge in [0.2, 0.25) is 0 Å². The van der Waals surface area contributed by atoms with Gasteiger partial charge < -0.3 is 15.0 Å². The van der Waals surface area contributed by atoms with Crippen LogP contribution < -0.4 is 5.32 Å². The van der Waals surface area contributed by atoms with Crippen LogP contribution in [-0.2, 0) is 4.74 Å². The third kappa shape index (κ3) is 4.94. The Morgan fingerprint density at radius 1 is 1.47 bits per heavy atom. The molecule has 1 fully saturated rings. The van der Waals surface area contributed by atoms with Crippen LogP contribution >= 0.6 is 0 Å². The summed E-state index contributed by atoms with van der Waals surface area (Å²) in [4.78, 5) is 2.61. The van der Waals surface area contributed by atoms with E-state index in [1.165, 1.54) is 38.9 Å². The highest BCUT2D eigenvalue weighted by molar-refractivity contribution is 4.79. The van der Waals surface area contributed by atoms with Crippen molar-refractivity contribution in [1.82, 2.24) is 10.2 Å². The van der Waals surface area contributed by atoms with Gasteiger partial charge in [-0.05, 0) is 38.3 Å². The van der Waals surface area contributed by atoms with Gasteiger partial charge in [-0.15, -0.1) is 0 Å². The van der Waals surface area contributed by atoms with Gasteiger partial charge in [0.05, 0.1) is 6.61 Å². The number of hydrogen-bond acceptors (Lipinski definition) is 3. The van der Waals surface area contributed by atoms with E-state index in [4.69, 9.17) is 4.74 Å². The van der Waals surface area contributed by atoms with Crippen molar-refractivity contribution in [2.24, 2.45) is 11.8 Å². The Morgan fingerprint density at radius 2 is 2.24 bits per heavy atom. The highest BCUT2D eigenvalue weighted by Gasteiger charge is 2.23. The van der Waals surface area contributed by atoms with Gasteiger partial charge in [-0.25, -0.2) is 0 Å². The van der Waals surface area contributed by atoms with Crippen molar-refractivity contribution in [2.45, 2.75) is 39.2 Å². The van der Waals surface area contributed by atoms with Gasteiger partial charge >= 0.3 is 0 Å². The summed E-state index contributed by atoms with van der Waals surface area (Å²) in [6, 6.07) is 0.626. The van der Waals surface area contributed by atoms with Crippen molar-refractivity contribution in [3.05, 3.63) is 0 Å². The van der Waals surface area contributed by atoms with Gasteiger partial charge in [-0.3, -0.25) is 0 Å². The average molecular weight is 242 g/mol. The quantitative estimate of drug-likeness (QED) is 0.739. The number of nitrogens with zero attached hydrogens (tertiary/aromatic N) is 1. The molecule has 1 heterocycles. The Labute approximate surface area is 107 Å². The van der Waals surface area contributed by atoms with E-state index in [1.54, 1.807) is 0 Å². The number of nitrogens with one attached hydrogen (secondary N) is 1. The molecule has 3 nitrogen and oxygen atoms in total. The van der Waals surface area contributed by atoms with Crippen LogP contribution in [0.3, 0.4) is 0 Å². The third-order valence-electron chi connectivity index (χ3n) is 4.16. The summed E-state index contributed by atoms with van der Waals surface area (Å²) < 4.78 is 5.29. The first-order valence-corrected chi connectivity index (χ1v) is 7.09. The average Bonchev–Trinajstić information content (AvgIpc) is 2.36. The number of likely N-dealkylation sites (N-methyl/N-ethyl adjacent to an activating group) is 1. The van der Waals surface area contributed by atoms with Crippen LogP contribution in [0, 0.1) is 11.8 Å². The second kappa shape index (κ2) is 8.06. The Morgan fingerprint density at radius 3 is 2.82 bits per heavy atom. The molecule has 102 valence electrons. The van der Waals surface area contributed by atoms with Crippen LogP contribution in [-0.4, -0.2) is 51.3 Å². The zero-order valence-electron chi connectivity index (χ0n) is 12.0. The molecule has 0 aromatic rings. The maximum atomic E-state index is 5.29. The molecular formula is C14H30N2O. The summed E-state index contributed by atoms with van der Waals surface area (Å²) in [5, 5.41) is 3.47. The molecule has 0 aromatic heterocycles. The lowest BCUT2D eigenvalue weighted by atomic mass is 9.95. The number of methoxy groups -OCH3 is 1. The van der Waals surface area contributed by atoms with Crippen molar-refractivity contribution in [3.8, 4) is 0 Å². The number of likely N-dealkylation sites (tertiary alicyclic amines) is 1. The van der Waals surface area contributed by atoms with Gasteiger partial charge in [0.15, 0.2) is 0 Å². The van der Waals surface area contributed by atoms with Crippen molar-refractivity contribution in [1.29, 1.82) is 0 Å². The van der Waals surface area contributed by atoms with Crippen LogP contribution in [0.15, 0.2) is 0 Å². The van der Waals surface area contributed by atoms with E-state index in [0.717, 1.165) is 18.4 Å². The van der Waals surface area contributed by atoms with Crippen molar-refractivity contribution >= 4 is 0 Å². The predicted octanol–water partition coefficient (Wildman–Crippen LogP) is 1.98. The molecule has 0 saturated carbocycles. The summed E-state index contributed by atoms with van der Waals surface area (Å²) in [6.07, 6.45) is 3.91. The van der Waals surface area contributed by atoms with Gasteiger partial charge in [-0.1, -0.05) is 20.3 Å². The molecule has 0 amide bonds. The highest BCUT2D eigenvalue weighted by atomic mass is 16.5. The number of piperidine rings is 1. The van der Waals surface area contributed by atoms with Gasteiger partial charge in [-0.2, -0.15) is 0 Å². The maximum absolute atomic E-state index is 5.29. The van der Waals surface area contributed by atoms with Crippen molar-refractivity contribution in [2.75, 3.05) is 40.4 Å². The zero-order valence-corrected chi connectivity index (χ0v) is 12.0. The van der Waals surface area contributed by atoms with Crippen molar-refractivity contribution in [3.63, 3.8) is 0 Å².